The number of carbonyl (C=O) groups excluding carboxylic acids is 1. The fraction of sp³-hybridized carbons (Fsp3) is 0.231. The van der Waals surface area contributed by atoms with Gasteiger partial charge in [-0.25, -0.2) is 4.99 Å². The van der Waals surface area contributed by atoms with Gasteiger partial charge >= 0.3 is 6.01 Å². The third kappa shape index (κ3) is 5.26. The number of oxazole rings is 1. The number of nitrogens with two attached hydrogens (primary N) is 1. The van der Waals surface area contributed by atoms with Crippen LogP contribution in [0.1, 0.15) is 29.7 Å². The van der Waals surface area contributed by atoms with Crippen LogP contribution in [0.3, 0.4) is 0 Å². The first-order valence-electron chi connectivity index (χ1n) is 11.4. The summed E-state index contributed by atoms with van der Waals surface area (Å²) in [6.07, 6.45) is 3.00. The lowest BCUT2D eigenvalue weighted by Crippen LogP contribution is -2.39. The first-order valence-corrected chi connectivity index (χ1v) is 11.7. The fourth-order valence-electron chi connectivity index (χ4n) is 3.95. The molecule has 0 fully saturated rings. The van der Waals surface area contributed by atoms with Crippen molar-refractivity contribution in [2.45, 2.75) is 26.8 Å². The molecule has 1 atom stereocenters. The molecule has 1 aliphatic heterocycles. The van der Waals surface area contributed by atoms with Gasteiger partial charge in [-0.2, -0.15) is 4.98 Å². The number of aromatic nitrogens is 1. The Morgan fingerprint density at radius 1 is 1.28 bits per heavy atom. The molecule has 5 N–H and O–H groups in total. The standard InChI is InChI=1S/C26H28ClN7O2/c1-14-8-9-18(19(27)10-14)22-21(24(35)30-13-17(11-28)12-29-4)16(3)31-25(33-22)34-26-32-20-7-5-6-15(2)23(20)36-26/h5-12,22H,13,28H2,1-4H3,(H,30,35)(H2,31,32,33,34). The van der Waals surface area contributed by atoms with E-state index < -0.39 is 6.04 Å². The maximum atomic E-state index is 13.3. The second kappa shape index (κ2) is 10.7. The van der Waals surface area contributed by atoms with Gasteiger partial charge in [0.15, 0.2) is 5.58 Å². The number of allylic oxidation sites excluding steroid dienone is 1. The van der Waals surface area contributed by atoms with Gasteiger partial charge in [-0.15, -0.1) is 0 Å². The number of guanidine groups is 1. The molecular formula is C26H28ClN7O2. The van der Waals surface area contributed by atoms with E-state index in [1.807, 2.05) is 57.2 Å². The molecule has 186 valence electrons. The van der Waals surface area contributed by atoms with Crippen LogP contribution in [-0.4, -0.2) is 36.7 Å². The molecule has 0 bridgehead atoms. The molecule has 1 aliphatic rings. The number of anilines is 1. The van der Waals surface area contributed by atoms with E-state index in [1.165, 1.54) is 6.20 Å². The zero-order chi connectivity index (χ0) is 25.8. The van der Waals surface area contributed by atoms with Crippen LogP contribution in [0, 0.1) is 13.8 Å². The number of amides is 1. The molecule has 2 aromatic carbocycles. The molecule has 2 heterocycles. The van der Waals surface area contributed by atoms with Gasteiger partial charge in [0.25, 0.3) is 5.91 Å². The summed E-state index contributed by atoms with van der Waals surface area (Å²) >= 11 is 6.61. The van der Waals surface area contributed by atoms with Crippen molar-refractivity contribution in [3.8, 4) is 0 Å². The highest BCUT2D eigenvalue weighted by atomic mass is 35.5. The van der Waals surface area contributed by atoms with Crippen LogP contribution in [0.2, 0.25) is 5.02 Å². The number of carbonyl (C=O) groups is 1. The molecule has 1 amide bonds. The van der Waals surface area contributed by atoms with E-state index in [0.29, 0.717) is 39.0 Å². The van der Waals surface area contributed by atoms with Gasteiger partial charge in [0, 0.05) is 47.9 Å². The largest absolute Gasteiger partial charge is 0.423 e. The van der Waals surface area contributed by atoms with Crippen molar-refractivity contribution in [2.24, 2.45) is 15.7 Å². The maximum absolute atomic E-state index is 13.3. The quantitative estimate of drug-likeness (QED) is 0.372. The zero-order valence-electron chi connectivity index (χ0n) is 20.5. The molecule has 0 radical (unpaired) electrons. The fourth-order valence-corrected chi connectivity index (χ4v) is 4.28. The van der Waals surface area contributed by atoms with E-state index in [-0.39, 0.29) is 18.5 Å². The van der Waals surface area contributed by atoms with Crippen molar-refractivity contribution < 1.29 is 9.21 Å². The number of para-hydroxylation sites is 1. The van der Waals surface area contributed by atoms with E-state index in [4.69, 9.17) is 26.7 Å². The lowest BCUT2D eigenvalue weighted by Gasteiger charge is -2.27. The number of hydrogen-bond donors (Lipinski definition) is 4. The van der Waals surface area contributed by atoms with Crippen molar-refractivity contribution >= 4 is 46.8 Å². The molecule has 1 unspecified atom stereocenters. The Morgan fingerprint density at radius 2 is 2.08 bits per heavy atom. The highest BCUT2D eigenvalue weighted by molar-refractivity contribution is 6.31. The van der Waals surface area contributed by atoms with Crippen LogP contribution in [0.25, 0.3) is 11.1 Å². The van der Waals surface area contributed by atoms with E-state index >= 15 is 0 Å². The zero-order valence-corrected chi connectivity index (χ0v) is 21.3. The highest BCUT2D eigenvalue weighted by Gasteiger charge is 2.31. The third-order valence-electron chi connectivity index (χ3n) is 5.74. The molecule has 0 spiro atoms. The third-order valence-corrected chi connectivity index (χ3v) is 6.06. The van der Waals surface area contributed by atoms with Gasteiger partial charge in [0.1, 0.15) is 11.6 Å². The Hall–Kier alpha value is -4.11. The van der Waals surface area contributed by atoms with Gasteiger partial charge in [0.05, 0.1) is 5.57 Å². The molecule has 0 saturated carbocycles. The summed E-state index contributed by atoms with van der Waals surface area (Å²) in [5, 5.41) is 9.68. The summed E-state index contributed by atoms with van der Waals surface area (Å²) in [6.45, 7) is 5.94. The number of benzene rings is 2. The van der Waals surface area contributed by atoms with Crippen molar-refractivity contribution in [3.05, 3.63) is 81.2 Å². The van der Waals surface area contributed by atoms with Crippen LogP contribution in [-0.2, 0) is 4.79 Å². The number of nitrogens with zero attached hydrogens (tertiary/aromatic N) is 3. The molecule has 1 aromatic heterocycles. The first-order chi connectivity index (χ1) is 17.3. The van der Waals surface area contributed by atoms with Crippen molar-refractivity contribution in [1.29, 1.82) is 0 Å². The molecule has 3 aromatic rings. The number of aliphatic imine (C=N–C) groups is 2. The van der Waals surface area contributed by atoms with E-state index in [0.717, 1.165) is 16.6 Å². The molecule has 10 heteroatoms. The summed E-state index contributed by atoms with van der Waals surface area (Å²) in [4.78, 5) is 26.6. The van der Waals surface area contributed by atoms with E-state index in [2.05, 4.69) is 25.9 Å². The second-order valence-electron chi connectivity index (χ2n) is 8.45. The number of hydrogen-bond acceptors (Lipinski definition) is 8. The average molecular weight is 506 g/mol. The molecule has 4 rings (SSSR count). The SMILES string of the molecule is CN=CC(=CN)CNC(=O)C1=C(C)NC(Nc2nc3cccc(C)c3o2)=NC1c1ccc(C)cc1Cl. The summed E-state index contributed by atoms with van der Waals surface area (Å²) in [6, 6.07) is 11.0. The topological polar surface area (TPSA) is 130 Å². The van der Waals surface area contributed by atoms with Gasteiger partial charge in [0.2, 0.25) is 5.96 Å². The minimum Gasteiger partial charge on any atom is -0.423 e. The summed E-state index contributed by atoms with van der Waals surface area (Å²) in [5.41, 5.74) is 11.5. The minimum atomic E-state index is -0.668. The predicted molar refractivity (Wildman–Crippen MR) is 144 cm³/mol. The normalized spacial score (nSPS) is 16.3. The molecular weight excluding hydrogens is 478 g/mol. The van der Waals surface area contributed by atoms with Gasteiger partial charge < -0.3 is 20.8 Å². The lowest BCUT2D eigenvalue weighted by molar-refractivity contribution is -0.117. The Bertz CT molecular complexity index is 1440. The Balaban J connectivity index is 1.68. The Morgan fingerprint density at radius 3 is 2.78 bits per heavy atom. The van der Waals surface area contributed by atoms with Crippen molar-refractivity contribution in [1.82, 2.24) is 15.6 Å². The van der Waals surface area contributed by atoms with Crippen LogP contribution in [0.15, 0.2) is 73.8 Å². The van der Waals surface area contributed by atoms with Gasteiger partial charge in [-0.3, -0.25) is 15.1 Å². The number of fused-ring (bicyclic) bond motifs is 1. The molecule has 0 saturated heterocycles. The monoisotopic (exact) mass is 505 g/mol. The smallest absolute Gasteiger partial charge is 0.302 e. The second-order valence-corrected chi connectivity index (χ2v) is 8.85. The summed E-state index contributed by atoms with van der Waals surface area (Å²) in [5.74, 6) is 0.0846. The van der Waals surface area contributed by atoms with E-state index in [1.54, 1.807) is 13.3 Å². The Labute approximate surface area is 214 Å². The van der Waals surface area contributed by atoms with Crippen LogP contribution >= 0.6 is 11.6 Å². The van der Waals surface area contributed by atoms with Crippen molar-refractivity contribution in [2.75, 3.05) is 18.9 Å². The predicted octanol–water partition coefficient (Wildman–Crippen LogP) is 4.14. The Kier molecular flexibility index (Phi) is 7.40. The average Bonchev–Trinajstić information content (AvgIpc) is 3.25. The number of aryl methyl sites for hydroxylation is 2. The molecule has 9 nitrogen and oxygen atoms in total. The molecule has 36 heavy (non-hydrogen) atoms. The van der Waals surface area contributed by atoms with Crippen LogP contribution in [0.5, 0.6) is 0 Å². The van der Waals surface area contributed by atoms with E-state index in [9.17, 15) is 4.79 Å². The van der Waals surface area contributed by atoms with Crippen LogP contribution < -0.4 is 21.7 Å². The molecule has 0 aliphatic carbocycles. The highest BCUT2D eigenvalue weighted by Crippen LogP contribution is 2.35. The minimum absolute atomic E-state index is 0.217. The van der Waals surface area contributed by atoms with Crippen molar-refractivity contribution in [3.63, 3.8) is 0 Å². The van der Waals surface area contributed by atoms with Crippen LogP contribution in [0.4, 0.5) is 6.01 Å². The summed E-state index contributed by atoms with van der Waals surface area (Å²) in [7, 11) is 1.64. The van der Waals surface area contributed by atoms with Gasteiger partial charge in [-0.1, -0.05) is 35.9 Å². The van der Waals surface area contributed by atoms with Gasteiger partial charge in [-0.05, 0) is 44.0 Å². The lowest BCUT2D eigenvalue weighted by atomic mass is 9.95. The summed E-state index contributed by atoms with van der Waals surface area (Å²) < 4.78 is 5.90. The number of halogens is 1. The first kappa shape index (κ1) is 25.0. The number of nitrogens with one attached hydrogen (secondary N) is 3. The number of rotatable bonds is 6. The maximum Gasteiger partial charge on any atom is 0.302 e.